The van der Waals surface area contributed by atoms with E-state index in [4.69, 9.17) is 0 Å². The van der Waals surface area contributed by atoms with Crippen molar-refractivity contribution in [2.45, 2.75) is 45.6 Å². The highest BCUT2D eigenvalue weighted by atomic mass is 15.1. The average Bonchev–Trinajstić information content (AvgIpc) is 3.00. The smallest absolute Gasteiger partial charge is 0.101 e. The number of benzene rings is 1. The quantitative estimate of drug-likeness (QED) is 0.777. The highest BCUT2D eigenvalue weighted by molar-refractivity contribution is 5.60. The largest absolute Gasteiger partial charge is 0.373 e. The molecule has 0 atom stereocenters. The maximum Gasteiger partial charge on any atom is 0.101 e. The SMILES string of the molecule is CCCNCc1ccc(N(C)CC2CCCC2)c(C#N)c1. The molecule has 21 heavy (non-hydrogen) atoms. The second-order valence-corrected chi connectivity index (χ2v) is 6.17. The summed E-state index contributed by atoms with van der Waals surface area (Å²) in [5.74, 6) is 0.799. The minimum atomic E-state index is 0.797. The van der Waals surface area contributed by atoms with Gasteiger partial charge in [0.15, 0.2) is 0 Å². The van der Waals surface area contributed by atoms with Crippen molar-refractivity contribution in [1.29, 1.82) is 5.26 Å². The molecule has 1 aliphatic rings. The van der Waals surface area contributed by atoms with Gasteiger partial charge in [-0.1, -0.05) is 25.8 Å². The highest BCUT2D eigenvalue weighted by Gasteiger charge is 2.18. The molecule has 3 heteroatoms. The monoisotopic (exact) mass is 285 g/mol. The van der Waals surface area contributed by atoms with Crippen molar-refractivity contribution in [3.63, 3.8) is 0 Å². The van der Waals surface area contributed by atoms with E-state index in [9.17, 15) is 5.26 Å². The van der Waals surface area contributed by atoms with Gasteiger partial charge < -0.3 is 10.2 Å². The third-order valence-electron chi connectivity index (χ3n) is 4.36. The molecule has 0 saturated heterocycles. The molecule has 1 aromatic rings. The Morgan fingerprint density at radius 3 is 2.76 bits per heavy atom. The molecule has 0 amide bonds. The van der Waals surface area contributed by atoms with Crippen LogP contribution in [0.15, 0.2) is 18.2 Å². The molecule has 1 saturated carbocycles. The van der Waals surface area contributed by atoms with E-state index in [2.05, 4.69) is 42.4 Å². The summed E-state index contributed by atoms with van der Waals surface area (Å²) in [7, 11) is 2.11. The molecular weight excluding hydrogens is 258 g/mol. The average molecular weight is 285 g/mol. The minimum absolute atomic E-state index is 0.797. The topological polar surface area (TPSA) is 39.1 Å². The van der Waals surface area contributed by atoms with Crippen LogP contribution in [-0.2, 0) is 6.54 Å². The molecule has 1 aromatic carbocycles. The number of rotatable bonds is 7. The lowest BCUT2D eigenvalue weighted by molar-refractivity contribution is 0.547. The molecule has 0 radical (unpaired) electrons. The van der Waals surface area contributed by atoms with Gasteiger partial charge in [0.2, 0.25) is 0 Å². The van der Waals surface area contributed by atoms with E-state index in [0.29, 0.717) is 0 Å². The minimum Gasteiger partial charge on any atom is -0.373 e. The number of nitrogens with zero attached hydrogens (tertiary/aromatic N) is 2. The number of nitriles is 1. The number of nitrogens with one attached hydrogen (secondary N) is 1. The van der Waals surface area contributed by atoms with Crippen LogP contribution in [0.3, 0.4) is 0 Å². The Hall–Kier alpha value is -1.53. The fourth-order valence-corrected chi connectivity index (χ4v) is 3.20. The van der Waals surface area contributed by atoms with Crippen LogP contribution in [0, 0.1) is 17.2 Å². The van der Waals surface area contributed by atoms with Gasteiger partial charge in [-0.3, -0.25) is 0 Å². The van der Waals surface area contributed by atoms with Crippen LogP contribution >= 0.6 is 0 Å². The van der Waals surface area contributed by atoms with E-state index >= 15 is 0 Å². The summed E-state index contributed by atoms with van der Waals surface area (Å²) in [6.45, 7) is 5.09. The Labute approximate surface area is 129 Å². The van der Waals surface area contributed by atoms with E-state index in [-0.39, 0.29) is 0 Å². The van der Waals surface area contributed by atoms with Crippen LogP contribution in [0.25, 0.3) is 0 Å². The lowest BCUT2D eigenvalue weighted by atomic mass is 10.1. The molecule has 1 fully saturated rings. The molecule has 0 unspecified atom stereocenters. The molecule has 2 rings (SSSR count). The number of anilines is 1. The maximum atomic E-state index is 9.43. The first-order chi connectivity index (χ1) is 10.2. The first-order valence-electron chi connectivity index (χ1n) is 8.19. The lowest BCUT2D eigenvalue weighted by Crippen LogP contribution is -2.25. The van der Waals surface area contributed by atoms with Gasteiger partial charge in [-0.15, -0.1) is 0 Å². The molecule has 0 spiro atoms. The van der Waals surface area contributed by atoms with Gasteiger partial charge in [-0.2, -0.15) is 5.26 Å². The molecule has 0 heterocycles. The standard InChI is InChI=1S/C18H27N3/c1-3-10-20-13-16-8-9-18(17(11-16)12-19)21(2)14-15-6-4-5-7-15/h8-9,11,15,20H,3-7,10,13-14H2,1-2H3. The van der Waals surface area contributed by atoms with Crippen molar-refractivity contribution in [2.75, 3.05) is 25.0 Å². The zero-order valence-corrected chi connectivity index (χ0v) is 13.4. The Balaban J connectivity index is 2.02. The zero-order chi connectivity index (χ0) is 15.1. The normalized spacial score (nSPS) is 15.1. The predicted octanol–water partition coefficient (Wildman–Crippen LogP) is 3.68. The Morgan fingerprint density at radius 2 is 2.10 bits per heavy atom. The molecular formula is C18H27N3. The summed E-state index contributed by atoms with van der Waals surface area (Å²) in [6, 6.07) is 8.64. The van der Waals surface area contributed by atoms with Crippen LogP contribution in [0.1, 0.15) is 50.2 Å². The summed E-state index contributed by atoms with van der Waals surface area (Å²) >= 11 is 0. The second-order valence-electron chi connectivity index (χ2n) is 6.17. The van der Waals surface area contributed by atoms with Crippen molar-refractivity contribution in [3.05, 3.63) is 29.3 Å². The summed E-state index contributed by atoms with van der Waals surface area (Å²) < 4.78 is 0. The van der Waals surface area contributed by atoms with Crippen molar-refractivity contribution in [3.8, 4) is 6.07 Å². The second kappa shape index (κ2) is 8.05. The van der Waals surface area contributed by atoms with Gasteiger partial charge >= 0.3 is 0 Å². The Bertz CT molecular complexity index is 484. The number of hydrogen-bond acceptors (Lipinski definition) is 3. The van der Waals surface area contributed by atoms with E-state index in [0.717, 1.165) is 43.2 Å². The predicted molar refractivity (Wildman–Crippen MR) is 88.4 cm³/mol. The Kier molecular flexibility index (Phi) is 6.07. The molecule has 114 valence electrons. The first-order valence-corrected chi connectivity index (χ1v) is 8.19. The van der Waals surface area contributed by atoms with E-state index in [1.807, 2.05) is 6.07 Å². The van der Waals surface area contributed by atoms with E-state index in [1.165, 1.54) is 31.2 Å². The van der Waals surface area contributed by atoms with Gasteiger partial charge in [0.25, 0.3) is 0 Å². The molecule has 0 aromatic heterocycles. The van der Waals surface area contributed by atoms with Gasteiger partial charge in [0.1, 0.15) is 6.07 Å². The van der Waals surface area contributed by atoms with Gasteiger partial charge in [-0.25, -0.2) is 0 Å². The summed E-state index contributed by atoms with van der Waals surface area (Å²) in [4.78, 5) is 2.26. The zero-order valence-electron chi connectivity index (χ0n) is 13.4. The lowest BCUT2D eigenvalue weighted by Gasteiger charge is -2.24. The Morgan fingerprint density at radius 1 is 1.33 bits per heavy atom. The van der Waals surface area contributed by atoms with E-state index < -0.39 is 0 Å². The molecule has 0 aliphatic heterocycles. The van der Waals surface area contributed by atoms with Crippen LogP contribution < -0.4 is 10.2 Å². The van der Waals surface area contributed by atoms with Crippen molar-refractivity contribution in [2.24, 2.45) is 5.92 Å². The fourth-order valence-electron chi connectivity index (χ4n) is 3.20. The van der Waals surface area contributed by atoms with Crippen LogP contribution in [0.2, 0.25) is 0 Å². The third kappa shape index (κ3) is 4.47. The maximum absolute atomic E-state index is 9.43. The molecule has 0 bridgehead atoms. The van der Waals surface area contributed by atoms with E-state index in [1.54, 1.807) is 0 Å². The van der Waals surface area contributed by atoms with Crippen LogP contribution in [0.4, 0.5) is 5.69 Å². The fraction of sp³-hybridized carbons (Fsp3) is 0.611. The summed E-state index contributed by atoms with van der Waals surface area (Å²) in [6.07, 6.45) is 6.54. The van der Waals surface area contributed by atoms with Gasteiger partial charge in [0, 0.05) is 20.1 Å². The van der Waals surface area contributed by atoms with Crippen molar-refractivity contribution in [1.82, 2.24) is 5.32 Å². The molecule has 3 nitrogen and oxygen atoms in total. The highest BCUT2D eigenvalue weighted by Crippen LogP contribution is 2.28. The van der Waals surface area contributed by atoms with Crippen LogP contribution in [0.5, 0.6) is 0 Å². The van der Waals surface area contributed by atoms with Gasteiger partial charge in [-0.05, 0) is 49.4 Å². The summed E-state index contributed by atoms with van der Waals surface area (Å²) in [5, 5.41) is 12.8. The molecule has 1 N–H and O–H groups in total. The first kappa shape index (κ1) is 15.9. The van der Waals surface area contributed by atoms with Gasteiger partial charge in [0.05, 0.1) is 11.3 Å². The summed E-state index contributed by atoms with van der Waals surface area (Å²) in [5.41, 5.74) is 3.06. The van der Waals surface area contributed by atoms with Crippen molar-refractivity contribution < 1.29 is 0 Å². The molecule has 1 aliphatic carbocycles. The van der Waals surface area contributed by atoms with Crippen molar-refractivity contribution >= 4 is 5.69 Å². The third-order valence-corrected chi connectivity index (χ3v) is 4.36. The number of hydrogen-bond donors (Lipinski definition) is 1. The van der Waals surface area contributed by atoms with Crippen LogP contribution in [-0.4, -0.2) is 20.1 Å².